The summed E-state index contributed by atoms with van der Waals surface area (Å²) >= 11 is 0. The van der Waals surface area contributed by atoms with Crippen LogP contribution >= 0.6 is 0 Å². The number of anilines is 1. The highest BCUT2D eigenvalue weighted by molar-refractivity contribution is 5.94. The molecule has 2 aromatic carbocycles. The molecule has 186 valence electrons. The van der Waals surface area contributed by atoms with E-state index in [0.29, 0.717) is 44.0 Å². The molecular formula is C27H33FN4O3. The molecule has 7 nitrogen and oxygen atoms in total. The van der Waals surface area contributed by atoms with E-state index in [1.165, 1.54) is 24.1 Å². The van der Waals surface area contributed by atoms with Crippen LogP contribution in [0.3, 0.4) is 0 Å². The number of halogens is 1. The van der Waals surface area contributed by atoms with E-state index in [1.54, 1.807) is 12.1 Å². The molecule has 0 unspecified atom stereocenters. The average molecular weight is 481 g/mol. The standard InChI is InChI=1S/C27H33FN4O3/c1-20(33)22-3-4-25(24(28)17-22)31-11-13-32(14-12-31)27(34)19-30-9-7-29(8-10-30)18-21-2-5-26-23(16-21)6-15-35-26/h2-5,16-17H,6-15,18-19H2,1H3. The highest BCUT2D eigenvalue weighted by atomic mass is 19.1. The van der Waals surface area contributed by atoms with Gasteiger partial charge in [-0.25, -0.2) is 4.39 Å². The van der Waals surface area contributed by atoms with Crippen molar-refractivity contribution in [2.24, 2.45) is 0 Å². The fourth-order valence-corrected chi connectivity index (χ4v) is 5.17. The summed E-state index contributed by atoms with van der Waals surface area (Å²) in [6.07, 6.45) is 0.994. The second-order valence-corrected chi connectivity index (χ2v) is 9.68. The molecule has 0 aromatic heterocycles. The Morgan fingerprint density at radius 2 is 1.66 bits per heavy atom. The van der Waals surface area contributed by atoms with Crippen LogP contribution in [0.15, 0.2) is 36.4 Å². The van der Waals surface area contributed by atoms with Crippen LogP contribution < -0.4 is 9.64 Å². The van der Waals surface area contributed by atoms with Crippen LogP contribution in [-0.4, -0.2) is 91.9 Å². The molecule has 2 aromatic rings. The maximum absolute atomic E-state index is 14.5. The van der Waals surface area contributed by atoms with Gasteiger partial charge in [-0.05, 0) is 42.3 Å². The van der Waals surface area contributed by atoms with Gasteiger partial charge in [0.15, 0.2) is 5.78 Å². The molecule has 8 heteroatoms. The molecule has 5 rings (SSSR count). The third kappa shape index (κ3) is 5.49. The zero-order valence-electron chi connectivity index (χ0n) is 20.3. The SMILES string of the molecule is CC(=O)c1ccc(N2CCN(C(=O)CN3CCN(Cc4ccc5c(c4)CCO5)CC3)CC2)c(F)c1. The summed E-state index contributed by atoms with van der Waals surface area (Å²) < 4.78 is 20.1. The van der Waals surface area contributed by atoms with Gasteiger partial charge in [0.2, 0.25) is 5.91 Å². The predicted molar refractivity (Wildman–Crippen MR) is 133 cm³/mol. The van der Waals surface area contributed by atoms with Crippen molar-refractivity contribution in [3.63, 3.8) is 0 Å². The number of carbonyl (C=O) groups excluding carboxylic acids is 2. The fourth-order valence-electron chi connectivity index (χ4n) is 5.17. The molecule has 3 heterocycles. The van der Waals surface area contributed by atoms with Crippen LogP contribution in [0.25, 0.3) is 0 Å². The van der Waals surface area contributed by atoms with Gasteiger partial charge < -0.3 is 14.5 Å². The van der Waals surface area contributed by atoms with Crippen molar-refractivity contribution >= 4 is 17.4 Å². The Hall–Kier alpha value is -2.97. The zero-order chi connectivity index (χ0) is 24.4. The molecule has 3 aliphatic rings. The summed E-state index contributed by atoms with van der Waals surface area (Å²) in [5, 5.41) is 0. The van der Waals surface area contributed by atoms with Gasteiger partial charge in [0.05, 0.1) is 18.8 Å². The number of carbonyl (C=O) groups is 2. The van der Waals surface area contributed by atoms with Crippen molar-refractivity contribution in [1.29, 1.82) is 0 Å². The van der Waals surface area contributed by atoms with E-state index >= 15 is 0 Å². The Bertz CT molecular complexity index is 1090. The molecule has 2 saturated heterocycles. The zero-order valence-corrected chi connectivity index (χ0v) is 20.3. The van der Waals surface area contributed by atoms with Crippen molar-refractivity contribution in [2.45, 2.75) is 19.9 Å². The lowest BCUT2D eigenvalue weighted by Crippen LogP contribution is -2.53. The lowest BCUT2D eigenvalue weighted by atomic mass is 10.1. The molecular weight excluding hydrogens is 447 g/mol. The molecule has 0 aliphatic carbocycles. The van der Waals surface area contributed by atoms with E-state index in [9.17, 15) is 14.0 Å². The van der Waals surface area contributed by atoms with E-state index in [1.807, 2.05) is 9.80 Å². The third-order valence-corrected chi connectivity index (χ3v) is 7.31. The van der Waals surface area contributed by atoms with Crippen LogP contribution in [0.1, 0.15) is 28.4 Å². The van der Waals surface area contributed by atoms with Crippen LogP contribution in [0.4, 0.5) is 10.1 Å². The Morgan fingerprint density at radius 1 is 0.914 bits per heavy atom. The van der Waals surface area contributed by atoms with Crippen LogP contribution in [0.2, 0.25) is 0 Å². The number of nitrogens with zero attached hydrogens (tertiary/aromatic N) is 4. The smallest absolute Gasteiger partial charge is 0.236 e. The van der Waals surface area contributed by atoms with Gasteiger partial charge in [0.25, 0.3) is 0 Å². The number of rotatable bonds is 6. The third-order valence-electron chi connectivity index (χ3n) is 7.31. The molecule has 0 radical (unpaired) electrons. The van der Waals surface area contributed by atoms with Crippen LogP contribution in [-0.2, 0) is 17.8 Å². The topological polar surface area (TPSA) is 56.3 Å². The van der Waals surface area contributed by atoms with Crippen molar-refractivity contribution < 1.29 is 18.7 Å². The normalized spacial score (nSPS) is 18.9. The molecule has 2 fully saturated rings. The van der Waals surface area contributed by atoms with Crippen molar-refractivity contribution in [1.82, 2.24) is 14.7 Å². The molecule has 35 heavy (non-hydrogen) atoms. The quantitative estimate of drug-likeness (QED) is 0.592. The summed E-state index contributed by atoms with van der Waals surface area (Å²) in [5.74, 6) is 0.631. The van der Waals surface area contributed by atoms with Crippen LogP contribution in [0.5, 0.6) is 5.75 Å². The van der Waals surface area contributed by atoms with Gasteiger partial charge in [0, 0.05) is 70.9 Å². The van der Waals surface area contributed by atoms with Gasteiger partial charge in [-0.3, -0.25) is 19.4 Å². The van der Waals surface area contributed by atoms with Crippen molar-refractivity contribution in [3.05, 3.63) is 58.9 Å². The summed E-state index contributed by atoms with van der Waals surface area (Å²) in [5.41, 5.74) is 3.50. The molecule has 0 spiro atoms. The number of amides is 1. The second kappa shape index (κ2) is 10.3. The summed E-state index contributed by atoms with van der Waals surface area (Å²) in [6.45, 7) is 9.57. The predicted octanol–water partition coefficient (Wildman–Crippen LogP) is 2.43. The van der Waals surface area contributed by atoms with Crippen LogP contribution in [0, 0.1) is 5.82 Å². The average Bonchev–Trinajstić information content (AvgIpc) is 3.33. The van der Waals surface area contributed by atoms with E-state index < -0.39 is 0 Å². The molecule has 0 atom stereocenters. The number of hydrogen-bond donors (Lipinski definition) is 0. The number of fused-ring (bicyclic) bond motifs is 1. The minimum atomic E-state index is -0.386. The Kier molecular flexibility index (Phi) is 7.02. The van der Waals surface area contributed by atoms with E-state index in [-0.39, 0.29) is 17.5 Å². The highest BCUT2D eigenvalue weighted by Crippen LogP contribution is 2.26. The molecule has 3 aliphatic heterocycles. The van der Waals surface area contributed by atoms with Gasteiger partial charge in [0.1, 0.15) is 11.6 Å². The first kappa shape index (κ1) is 23.8. The van der Waals surface area contributed by atoms with Crippen molar-refractivity contribution in [3.8, 4) is 5.75 Å². The first-order valence-electron chi connectivity index (χ1n) is 12.5. The lowest BCUT2D eigenvalue weighted by Gasteiger charge is -2.38. The molecule has 0 bridgehead atoms. The van der Waals surface area contributed by atoms with Gasteiger partial charge >= 0.3 is 0 Å². The highest BCUT2D eigenvalue weighted by Gasteiger charge is 2.26. The maximum Gasteiger partial charge on any atom is 0.236 e. The van der Waals surface area contributed by atoms with Gasteiger partial charge in [-0.15, -0.1) is 0 Å². The molecule has 0 saturated carbocycles. The van der Waals surface area contributed by atoms with E-state index in [2.05, 4.69) is 28.0 Å². The van der Waals surface area contributed by atoms with E-state index in [4.69, 9.17) is 4.74 Å². The summed E-state index contributed by atoms with van der Waals surface area (Å²) in [6, 6.07) is 11.1. The van der Waals surface area contributed by atoms with Crippen molar-refractivity contribution in [2.75, 3.05) is 70.4 Å². The second-order valence-electron chi connectivity index (χ2n) is 9.68. The van der Waals surface area contributed by atoms with E-state index in [0.717, 1.165) is 51.5 Å². The minimum absolute atomic E-state index is 0.143. The lowest BCUT2D eigenvalue weighted by molar-refractivity contribution is -0.133. The first-order valence-corrected chi connectivity index (χ1v) is 12.5. The Balaban J connectivity index is 1.06. The summed E-state index contributed by atoms with van der Waals surface area (Å²) in [7, 11) is 0. The van der Waals surface area contributed by atoms with Gasteiger partial charge in [-0.2, -0.15) is 0 Å². The fraction of sp³-hybridized carbons (Fsp3) is 0.481. The maximum atomic E-state index is 14.5. The number of Topliss-reactive ketones (excluding diaryl/α,β-unsaturated/α-hetero) is 1. The number of hydrogen-bond acceptors (Lipinski definition) is 6. The monoisotopic (exact) mass is 480 g/mol. The number of ether oxygens (including phenoxy) is 1. The summed E-state index contributed by atoms with van der Waals surface area (Å²) in [4.78, 5) is 32.9. The number of piperazine rings is 2. The number of ketones is 1. The van der Waals surface area contributed by atoms with Gasteiger partial charge in [-0.1, -0.05) is 12.1 Å². The largest absolute Gasteiger partial charge is 0.493 e. The Morgan fingerprint density at radius 3 is 2.37 bits per heavy atom. The molecule has 0 N–H and O–H groups in total. The molecule has 1 amide bonds. The Labute approximate surface area is 206 Å². The minimum Gasteiger partial charge on any atom is -0.493 e. The number of benzene rings is 2. The first-order chi connectivity index (χ1) is 17.0.